The molecule has 3 aromatic rings. The first-order valence-electron chi connectivity index (χ1n) is 7.34. The minimum absolute atomic E-state index is 0.200. The van der Waals surface area contributed by atoms with Gasteiger partial charge in [0, 0.05) is 41.6 Å². The summed E-state index contributed by atoms with van der Waals surface area (Å²) < 4.78 is 2.00. The SMILES string of the molecule is N#CCCn1cc(C=NNC(=O)c2cnccn2)c2ccccc21. The van der Waals surface area contributed by atoms with Crippen LogP contribution < -0.4 is 5.43 Å². The second-order valence-electron chi connectivity index (χ2n) is 4.99. The van der Waals surface area contributed by atoms with Crippen molar-refractivity contribution >= 4 is 23.0 Å². The van der Waals surface area contributed by atoms with E-state index in [1.807, 2.05) is 35.0 Å². The van der Waals surface area contributed by atoms with Crippen LogP contribution in [0.5, 0.6) is 0 Å². The predicted molar refractivity (Wildman–Crippen MR) is 89.3 cm³/mol. The maximum atomic E-state index is 11.9. The van der Waals surface area contributed by atoms with E-state index >= 15 is 0 Å². The quantitative estimate of drug-likeness (QED) is 0.575. The van der Waals surface area contributed by atoms with Gasteiger partial charge in [0.15, 0.2) is 0 Å². The van der Waals surface area contributed by atoms with Gasteiger partial charge in [-0.2, -0.15) is 10.4 Å². The topological polar surface area (TPSA) is 96.0 Å². The molecule has 118 valence electrons. The van der Waals surface area contributed by atoms with Crippen molar-refractivity contribution in [2.24, 2.45) is 5.10 Å². The Morgan fingerprint density at radius 3 is 3.04 bits per heavy atom. The zero-order valence-corrected chi connectivity index (χ0v) is 12.8. The second kappa shape index (κ2) is 7.15. The third kappa shape index (κ3) is 3.28. The highest BCUT2D eigenvalue weighted by Crippen LogP contribution is 2.20. The first kappa shape index (κ1) is 15.4. The summed E-state index contributed by atoms with van der Waals surface area (Å²) in [7, 11) is 0. The average Bonchev–Trinajstić information content (AvgIpc) is 2.99. The average molecular weight is 318 g/mol. The lowest BCUT2D eigenvalue weighted by atomic mass is 10.2. The summed E-state index contributed by atoms with van der Waals surface area (Å²) in [6.07, 6.45) is 8.24. The number of nitriles is 1. The molecular formula is C17H14N6O. The zero-order chi connectivity index (χ0) is 16.8. The third-order valence-electron chi connectivity index (χ3n) is 3.45. The summed E-state index contributed by atoms with van der Waals surface area (Å²) in [5.41, 5.74) is 4.52. The van der Waals surface area contributed by atoms with E-state index < -0.39 is 5.91 Å². The van der Waals surface area contributed by atoms with Gasteiger partial charge < -0.3 is 4.57 Å². The molecule has 1 aromatic carbocycles. The van der Waals surface area contributed by atoms with Crippen molar-refractivity contribution in [3.05, 3.63) is 60.3 Å². The fourth-order valence-corrected chi connectivity index (χ4v) is 2.37. The van der Waals surface area contributed by atoms with Crippen molar-refractivity contribution < 1.29 is 4.79 Å². The normalized spacial score (nSPS) is 10.8. The molecule has 7 nitrogen and oxygen atoms in total. The molecule has 0 saturated carbocycles. The molecule has 1 N–H and O–H groups in total. The van der Waals surface area contributed by atoms with Crippen molar-refractivity contribution in [1.82, 2.24) is 20.0 Å². The molecule has 0 aliphatic rings. The Bertz CT molecular complexity index is 923. The molecule has 7 heteroatoms. The number of benzene rings is 1. The van der Waals surface area contributed by atoms with E-state index in [4.69, 9.17) is 5.26 Å². The maximum Gasteiger partial charge on any atom is 0.291 e. The molecule has 0 spiro atoms. The van der Waals surface area contributed by atoms with Gasteiger partial charge in [-0.1, -0.05) is 18.2 Å². The molecule has 0 aliphatic carbocycles. The molecule has 1 amide bonds. The lowest BCUT2D eigenvalue weighted by Crippen LogP contribution is -2.19. The van der Waals surface area contributed by atoms with Gasteiger partial charge in [0.05, 0.1) is 24.9 Å². The summed E-state index contributed by atoms with van der Waals surface area (Å²) in [5.74, 6) is -0.424. The second-order valence-corrected chi connectivity index (χ2v) is 4.99. The fraction of sp³-hybridized carbons (Fsp3) is 0.118. The van der Waals surface area contributed by atoms with Gasteiger partial charge in [-0.15, -0.1) is 0 Å². The summed E-state index contributed by atoms with van der Waals surface area (Å²) >= 11 is 0. The van der Waals surface area contributed by atoms with Crippen molar-refractivity contribution in [3.63, 3.8) is 0 Å². The van der Waals surface area contributed by atoms with E-state index in [0.717, 1.165) is 16.5 Å². The Morgan fingerprint density at radius 1 is 1.38 bits per heavy atom. The summed E-state index contributed by atoms with van der Waals surface area (Å²) in [6.45, 7) is 0.608. The van der Waals surface area contributed by atoms with Crippen LogP contribution in [0.25, 0.3) is 10.9 Å². The van der Waals surface area contributed by atoms with Crippen LogP contribution in [-0.2, 0) is 6.54 Å². The van der Waals surface area contributed by atoms with Crippen LogP contribution in [0.1, 0.15) is 22.5 Å². The van der Waals surface area contributed by atoms with Crippen LogP contribution in [0, 0.1) is 11.3 Å². The number of amides is 1. The number of hydrogen-bond donors (Lipinski definition) is 1. The van der Waals surface area contributed by atoms with Crippen molar-refractivity contribution in [2.45, 2.75) is 13.0 Å². The Balaban J connectivity index is 1.80. The van der Waals surface area contributed by atoms with Gasteiger partial charge in [-0.3, -0.25) is 9.78 Å². The van der Waals surface area contributed by atoms with Crippen LogP contribution in [0.4, 0.5) is 0 Å². The first-order chi connectivity index (χ1) is 11.8. The van der Waals surface area contributed by atoms with Crippen LogP contribution in [0.3, 0.4) is 0 Å². The minimum Gasteiger partial charge on any atom is -0.346 e. The smallest absolute Gasteiger partial charge is 0.291 e. The molecule has 0 bridgehead atoms. The number of hydrogen-bond acceptors (Lipinski definition) is 5. The molecule has 2 heterocycles. The van der Waals surface area contributed by atoms with E-state index in [0.29, 0.717) is 13.0 Å². The molecule has 0 atom stereocenters. The number of fused-ring (bicyclic) bond motifs is 1. The van der Waals surface area contributed by atoms with Crippen LogP contribution >= 0.6 is 0 Å². The molecule has 0 fully saturated rings. The van der Waals surface area contributed by atoms with E-state index in [1.54, 1.807) is 6.21 Å². The molecule has 24 heavy (non-hydrogen) atoms. The van der Waals surface area contributed by atoms with Crippen molar-refractivity contribution in [1.29, 1.82) is 5.26 Å². The highest BCUT2D eigenvalue weighted by atomic mass is 16.2. The number of para-hydroxylation sites is 1. The highest BCUT2D eigenvalue weighted by Gasteiger charge is 2.07. The Kier molecular flexibility index (Phi) is 4.58. The lowest BCUT2D eigenvalue weighted by Gasteiger charge is -2.00. The molecular weight excluding hydrogens is 304 g/mol. The summed E-state index contributed by atoms with van der Waals surface area (Å²) in [6, 6.07) is 9.99. The molecule has 3 rings (SSSR count). The monoisotopic (exact) mass is 318 g/mol. The third-order valence-corrected chi connectivity index (χ3v) is 3.45. The summed E-state index contributed by atoms with van der Waals surface area (Å²) in [5, 5.41) is 13.8. The molecule has 0 radical (unpaired) electrons. The summed E-state index contributed by atoms with van der Waals surface area (Å²) in [4.78, 5) is 19.6. The Hall–Kier alpha value is -3.53. The number of hydrazone groups is 1. The number of carbonyl (C=O) groups is 1. The van der Waals surface area contributed by atoms with Gasteiger partial charge in [0.25, 0.3) is 5.91 Å². The minimum atomic E-state index is -0.424. The van der Waals surface area contributed by atoms with Crippen LogP contribution in [0.2, 0.25) is 0 Å². The number of aryl methyl sites for hydroxylation is 1. The van der Waals surface area contributed by atoms with Crippen molar-refractivity contribution in [2.75, 3.05) is 0 Å². The maximum absolute atomic E-state index is 11.9. The molecule has 0 saturated heterocycles. The highest BCUT2D eigenvalue weighted by molar-refractivity contribution is 6.00. The zero-order valence-electron chi connectivity index (χ0n) is 12.8. The van der Waals surface area contributed by atoms with Crippen LogP contribution in [-0.4, -0.2) is 26.7 Å². The van der Waals surface area contributed by atoms with E-state index in [1.165, 1.54) is 18.6 Å². The predicted octanol–water partition coefficient (Wildman–Crippen LogP) is 2.11. The lowest BCUT2D eigenvalue weighted by molar-refractivity contribution is 0.0949. The number of nitrogens with zero attached hydrogens (tertiary/aromatic N) is 5. The van der Waals surface area contributed by atoms with E-state index in [2.05, 4.69) is 26.6 Å². The first-order valence-corrected chi connectivity index (χ1v) is 7.34. The van der Waals surface area contributed by atoms with Gasteiger partial charge in [-0.25, -0.2) is 10.4 Å². The number of carbonyl (C=O) groups excluding carboxylic acids is 1. The largest absolute Gasteiger partial charge is 0.346 e. The fourth-order valence-electron chi connectivity index (χ4n) is 2.37. The van der Waals surface area contributed by atoms with Gasteiger partial charge in [0.1, 0.15) is 5.69 Å². The van der Waals surface area contributed by atoms with Gasteiger partial charge in [-0.05, 0) is 6.07 Å². The van der Waals surface area contributed by atoms with Gasteiger partial charge in [0.2, 0.25) is 0 Å². The van der Waals surface area contributed by atoms with Crippen molar-refractivity contribution in [3.8, 4) is 6.07 Å². The van der Waals surface area contributed by atoms with E-state index in [9.17, 15) is 4.79 Å². The molecule has 2 aromatic heterocycles. The van der Waals surface area contributed by atoms with Gasteiger partial charge >= 0.3 is 0 Å². The number of rotatable bonds is 5. The Labute approximate surface area is 138 Å². The van der Waals surface area contributed by atoms with Crippen LogP contribution in [0.15, 0.2) is 54.2 Å². The number of nitrogens with one attached hydrogen (secondary N) is 1. The molecule has 0 aliphatic heterocycles. The standard InChI is InChI=1S/C17H14N6O/c18-6-3-9-23-12-13(14-4-1-2-5-16(14)23)10-21-22-17(24)15-11-19-7-8-20-15/h1-2,4-5,7-8,10-12H,3,9H2,(H,22,24). The van der Waals surface area contributed by atoms with E-state index in [-0.39, 0.29) is 5.69 Å². The molecule has 0 unspecified atom stereocenters. The number of aromatic nitrogens is 3. The Morgan fingerprint density at radius 2 is 2.25 bits per heavy atom.